The monoisotopic (exact) mass is 585 g/mol. The van der Waals surface area contributed by atoms with Crippen molar-refractivity contribution >= 4 is 45.0 Å². The fourth-order valence-corrected chi connectivity index (χ4v) is 6.11. The Balaban J connectivity index is 2.04. The number of ether oxygens (including phenoxy) is 2. The summed E-state index contributed by atoms with van der Waals surface area (Å²) in [7, 11) is -1.18. The van der Waals surface area contributed by atoms with Gasteiger partial charge in [-0.2, -0.15) is 11.8 Å². The maximum Gasteiger partial charge on any atom is 0.266 e. The molecular weight excluding hydrogens is 551 g/mol. The highest BCUT2D eigenvalue weighted by atomic mass is 32.2. The molecule has 39 heavy (non-hydrogen) atoms. The van der Waals surface area contributed by atoms with Gasteiger partial charge in [-0.25, -0.2) is 12.7 Å². The van der Waals surface area contributed by atoms with Gasteiger partial charge in [0.05, 0.1) is 24.5 Å². The van der Waals surface area contributed by atoms with E-state index >= 15 is 0 Å². The molecule has 9 heteroatoms. The van der Waals surface area contributed by atoms with Crippen LogP contribution in [0.5, 0.6) is 5.75 Å². The molecular formula is C30H35NO5S3. The lowest BCUT2D eigenvalue weighted by Gasteiger charge is -2.31. The number of carbonyl (C=O) groups is 1. The molecule has 0 spiro atoms. The van der Waals surface area contributed by atoms with E-state index in [4.69, 9.17) is 21.7 Å². The van der Waals surface area contributed by atoms with Crippen molar-refractivity contribution in [3.8, 4) is 5.75 Å². The van der Waals surface area contributed by atoms with Gasteiger partial charge in [0.2, 0.25) is 5.91 Å². The summed E-state index contributed by atoms with van der Waals surface area (Å²) in [6.45, 7) is 2.36. The fourth-order valence-electron chi connectivity index (χ4n) is 4.30. The van der Waals surface area contributed by atoms with Crippen molar-refractivity contribution in [2.45, 2.75) is 36.5 Å². The molecule has 0 N–H and O–H groups in total. The lowest BCUT2D eigenvalue weighted by molar-refractivity contribution is -0.127. The molecule has 2 atom stereocenters. The molecule has 3 rings (SSSR count). The van der Waals surface area contributed by atoms with Crippen molar-refractivity contribution in [3.05, 3.63) is 95.6 Å². The fraction of sp³-hybridized carbons (Fsp3) is 0.333. The summed E-state index contributed by atoms with van der Waals surface area (Å²) in [4.78, 5) is 14.2. The Labute approximate surface area is 241 Å². The van der Waals surface area contributed by atoms with Crippen LogP contribution in [0.4, 0.5) is 0 Å². The average molecular weight is 586 g/mol. The van der Waals surface area contributed by atoms with Gasteiger partial charge in [0.1, 0.15) is 5.75 Å². The number of thiocarbonyl (C=S) groups is 1. The predicted molar refractivity (Wildman–Crippen MR) is 162 cm³/mol. The van der Waals surface area contributed by atoms with Gasteiger partial charge in [-0.15, -0.1) is 0 Å². The van der Waals surface area contributed by atoms with Gasteiger partial charge in [0.25, 0.3) is 10.0 Å². The Morgan fingerprint density at radius 2 is 1.62 bits per heavy atom. The number of thioether (sulfide) groups is 1. The van der Waals surface area contributed by atoms with Crippen molar-refractivity contribution in [1.82, 2.24) is 4.31 Å². The van der Waals surface area contributed by atoms with E-state index in [0.29, 0.717) is 23.0 Å². The predicted octanol–water partition coefficient (Wildman–Crippen LogP) is 6.21. The van der Waals surface area contributed by atoms with Gasteiger partial charge in [-0.1, -0.05) is 60.2 Å². The molecule has 3 aromatic rings. The van der Waals surface area contributed by atoms with Crippen LogP contribution in [0, 0.1) is 6.92 Å². The minimum atomic E-state index is -4.09. The van der Waals surface area contributed by atoms with Crippen LogP contribution >= 0.6 is 24.0 Å². The lowest BCUT2D eigenvalue weighted by Crippen LogP contribution is -2.39. The van der Waals surface area contributed by atoms with Crippen molar-refractivity contribution < 1.29 is 22.7 Å². The van der Waals surface area contributed by atoms with E-state index in [1.807, 2.05) is 67.8 Å². The number of nitrogens with zero attached hydrogens (tertiary/aromatic N) is 1. The van der Waals surface area contributed by atoms with Gasteiger partial charge in [0, 0.05) is 19.4 Å². The summed E-state index contributed by atoms with van der Waals surface area (Å²) < 4.78 is 39.1. The Morgan fingerprint density at radius 3 is 2.21 bits per heavy atom. The molecule has 0 saturated heterocycles. The quantitative estimate of drug-likeness (QED) is 0.175. The van der Waals surface area contributed by atoms with Crippen LogP contribution in [0.1, 0.15) is 41.4 Å². The van der Waals surface area contributed by atoms with Crippen LogP contribution in [-0.4, -0.2) is 56.5 Å². The minimum Gasteiger partial charge on any atom is -0.497 e. The lowest BCUT2D eigenvalue weighted by atomic mass is 9.79. The number of methoxy groups -OCH3 is 1. The molecule has 3 aromatic carbocycles. The van der Waals surface area contributed by atoms with E-state index in [1.165, 1.54) is 19.2 Å². The second kappa shape index (κ2) is 14.5. The largest absolute Gasteiger partial charge is 0.497 e. The number of hydrogen-bond donors (Lipinski definition) is 0. The number of likely N-dealkylation sites (N-methyl/N-ethyl adjacent to an activating group) is 1. The Morgan fingerprint density at radius 1 is 0.974 bits per heavy atom. The van der Waals surface area contributed by atoms with E-state index in [0.717, 1.165) is 27.6 Å². The molecule has 6 nitrogen and oxygen atoms in total. The zero-order valence-corrected chi connectivity index (χ0v) is 25.2. The second-order valence-corrected chi connectivity index (χ2v) is 12.6. The standard InChI is InChI=1S/C30H35NO5S3/c1-22-11-17-26(18-12-22)39(33,34)31(2)30(32)29(24-9-6-5-7-10-24)27(21-28(37)36-19-8-20-38-4)23-13-15-25(35-3)16-14-23/h5-7,9-18,27,29H,8,19-21H2,1-4H3. The molecule has 0 aromatic heterocycles. The van der Waals surface area contributed by atoms with Crippen LogP contribution in [0.25, 0.3) is 0 Å². The molecule has 0 aliphatic heterocycles. The molecule has 0 fully saturated rings. The zero-order valence-electron chi connectivity index (χ0n) is 22.7. The first-order valence-corrected chi connectivity index (χ1v) is 15.9. The Hall–Kier alpha value is -2.88. The molecule has 2 unspecified atom stereocenters. The number of benzene rings is 3. The number of sulfonamides is 1. The third kappa shape index (κ3) is 8.06. The Bertz CT molecular complexity index is 1330. The summed E-state index contributed by atoms with van der Waals surface area (Å²) in [5.41, 5.74) is 2.45. The molecule has 0 bridgehead atoms. The van der Waals surface area contributed by atoms with Crippen molar-refractivity contribution in [3.63, 3.8) is 0 Å². The van der Waals surface area contributed by atoms with Crippen LogP contribution in [0.15, 0.2) is 83.8 Å². The summed E-state index contributed by atoms with van der Waals surface area (Å²) in [6, 6.07) is 23.1. The van der Waals surface area contributed by atoms with E-state index in [-0.39, 0.29) is 11.3 Å². The highest BCUT2D eigenvalue weighted by Crippen LogP contribution is 2.39. The molecule has 0 saturated carbocycles. The van der Waals surface area contributed by atoms with Gasteiger partial charge < -0.3 is 9.47 Å². The minimum absolute atomic E-state index is 0.0596. The van der Waals surface area contributed by atoms with Crippen molar-refractivity contribution in [2.75, 3.05) is 32.8 Å². The molecule has 1 amide bonds. The highest BCUT2D eigenvalue weighted by Gasteiger charge is 2.38. The Kier molecular flexibility index (Phi) is 11.4. The molecule has 0 aliphatic carbocycles. The summed E-state index contributed by atoms with van der Waals surface area (Å²) in [5, 5.41) is 0.384. The topological polar surface area (TPSA) is 72.9 Å². The zero-order chi connectivity index (χ0) is 28.4. The summed E-state index contributed by atoms with van der Waals surface area (Å²) in [6.07, 6.45) is 3.16. The van der Waals surface area contributed by atoms with Crippen LogP contribution in [0.2, 0.25) is 0 Å². The maximum absolute atomic E-state index is 14.2. The molecule has 0 heterocycles. The van der Waals surface area contributed by atoms with E-state index in [2.05, 4.69) is 0 Å². The number of rotatable bonds is 13. The maximum atomic E-state index is 14.2. The van der Waals surface area contributed by atoms with Crippen molar-refractivity contribution in [2.24, 2.45) is 0 Å². The van der Waals surface area contributed by atoms with Gasteiger partial charge >= 0.3 is 0 Å². The second-order valence-electron chi connectivity index (χ2n) is 9.16. The first kappa shape index (κ1) is 30.7. The number of carbonyl (C=O) groups excluding carboxylic acids is 1. The number of aryl methyl sites for hydroxylation is 1. The van der Waals surface area contributed by atoms with Crippen LogP contribution in [-0.2, 0) is 19.6 Å². The normalized spacial score (nSPS) is 12.8. The first-order valence-electron chi connectivity index (χ1n) is 12.6. The van der Waals surface area contributed by atoms with Gasteiger partial charge in [-0.05, 0) is 73.0 Å². The third-order valence-corrected chi connectivity index (χ3v) is 9.25. The smallest absolute Gasteiger partial charge is 0.266 e. The van der Waals surface area contributed by atoms with E-state index < -0.39 is 27.8 Å². The summed E-state index contributed by atoms with van der Waals surface area (Å²) in [5.74, 6) is -0.230. The SMILES string of the molecule is COc1ccc(C(CC(=S)OCCCSC)C(C(=O)N(C)S(=O)(=O)c2ccc(C)cc2)c2ccccc2)cc1. The van der Waals surface area contributed by atoms with Crippen LogP contribution in [0.3, 0.4) is 0 Å². The molecule has 0 radical (unpaired) electrons. The molecule has 208 valence electrons. The van der Waals surface area contributed by atoms with E-state index in [9.17, 15) is 13.2 Å². The van der Waals surface area contributed by atoms with Crippen molar-refractivity contribution in [1.29, 1.82) is 0 Å². The first-order chi connectivity index (χ1) is 18.7. The number of amides is 1. The number of hydrogen-bond acceptors (Lipinski definition) is 7. The third-order valence-electron chi connectivity index (χ3n) is 6.50. The van der Waals surface area contributed by atoms with Gasteiger partial charge in [0.15, 0.2) is 5.05 Å². The highest BCUT2D eigenvalue weighted by molar-refractivity contribution is 7.98. The van der Waals surface area contributed by atoms with Gasteiger partial charge in [-0.3, -0.25) is 4.79 Å². The van der Waals surface area contributed by atoms with Crippen LogP contribution < -0.4 is 4.74 Å². The average Bonchev–Trinajstić information content (AvgIpc) is 2.95. The summed E-state index contributed by atoms with van der Waals surface area (Å²) >= 11 is 7.35. The molecule has 0 aliphatic rings. The van der Waals surface area contributed by atoms with E-state index in [1.54, 1.807) is 31.0 Å².